The van der Waals surface area contributed by atoms with Crippen molar-refractivity contribution in [3.63, 3.8) is 0 Å². The van der Waals surface area contributed by atoms with Crippen molar-refractivity contribution < 1.29 is 4.92 Å². The van der Waals surface area contributed by atoms with Crippen LogP contribution in [0.4, 0.5) is 0 Å². The Hall–Kier alpha value is -1.59. The van der Waals surface area contributed by atoms with E-state index in [1.54, 1.807) is 26.1 Å². The number of hydrogen-bond donors (Lipinski definition) is 2. The first kappa shape index (κ1) is 25.6. The molecule has 0 aromatic heterocycles. The number of allylic oxidation sites excluding steroid dienone is 6. The smallest absolute Gasteiger partial charge is 0.271 e. The Morgan fingerprint density at radius 1 is 1.16 bits per heavy atom. The molecule has 0 aliphatic rings. The lowest BCUT2D eigenvalue weighted by molar-refractivity contribution is -0.420. The van der Waals surface area contributed by atoms with Gasteiger partial charge in [-0.05, 0) is 37.8 Å². The summed E-state index contributed by atoms with van der Waals surface area (Å²) in [5.41, 5.74) is 9.63. The molecule has 0 saturated heterocycles. The minimum absolute atomic E-state index is 0.109. The normalized spacial score (nSPS) is 13.7. The average molecular weight is 372 g/mol. The summed E-state index contributed by atoms with van der Waals surface area (Å²) in [5, 5.41) is 11.2. The lowest BCUT2D eigenvalue weighted by Crippen LogP contribution is -2.28. The monoisotopic (exact) mass is 371 g/mol. The number of alkyl halides is 1. The molecule has 0 aliphatic carbocycles. The van der Waals surface area contributed by atoms with E-state index in [1.165, 1.54) is 0 Å². The van der Waals surface area contributed by atoms with Gasteiger partial charge in [0.25, 0.3) is 5.70 Å². The first-order valence-corrected chi connectivity index (χ1v) is 9.37. The Morgan fingerprint density at radius 2 is 1.76 bits per heavy atom. The van der Waals surface area contributed by atoms with Crippen LogP contribution >= 0.6 is 11.6 Å². The molecule has 2 N–H and O–H groups in total. The van der Waals surface area contributed by atoms with Crippen molar-refractivity contribution in [2.45, 2.75) is 60.8 Å². The van der Waals surface area contributed by atoms with E-state index >= 15 is 0 Å². The van der Waals surface area contributed by atoms with Crippen LogP contribution in [-0.2, 0) is 0 Å². The fraction of sp³-hybridized carbons (Fsp3) is 0.579. The number of nitro groups is 1. The van der Waals surface area contributed by atoms with Crippen LogP contribution in [0.25, 0.3) is 0 Å². The number of rotatable bonds is 10. The number of halogens is 1. The van der Waals surface area contributed by atoms with Gasteiger partial charge < -0.3 is 5.43 Å². The zero-order valence-corrected chi connectivity index (χ0v) is 17.5. The van der Waals surface area contributed by atoms with E-state index in [0.29, 0.717) is 11.5 Å². The van der Waals surface area contributed by atoms with Crippen molar-refractivity contribution in [1.82, 2.24) is 10.9 Å². The molecule has 144 valence electrons. The van der Waals surface area contributed by atoms with E-state index in [0.717, 1.165) is 36.1 Å². The third-order valence-corrected chi connectivity index (χ3v) is 3.64. The zero-order chi connectivity index (χ0) is 19.8. The third-order valence-electron chi connectivity index (χ3n) is 3.31. The predicted molar refractivity (Wildman–Crippen MR) is 109 cm³/mol. The Labute approximate surface area is 158 Å². The molecular weight excluding hydrogens is 338 g/mol. The van der Waals surface area contributed by atoms with Gasteiger partial charge in [0.15, 0.2) is 0 Å². The summed E-state index contributed by atoms with van der Waals surface area (Å²) in [6, 6.07) is 0. The molecular formula is C19H34ClN3O2. The van der Waals surface area contributed by atoms with E-state index in [1.807, 2.05) is 33.8 Å². The fourth-order valence-electron chi connectivity index (χ4n) is 2.19. The molecule has 5 nitrogen and oxygen atoms in total. The molecule has 0 amide bonds. The van der Waals surface area contributed by atoms with E-state index in [-0.39, 0.29) is 10.6 Å². The van der Waals surface area contributed by atoms with Crippen LogP contribution < -0.4 is 10.9 Å². The lowest BCUT2D eigenvalue weighted by Gasteiger charge is -2.15. The maximum Gasteiger partial charge on any atom is 0.271 e. The van der Waals surface area contributed by atoms with Crippen molar-refractivity contribution in [3.05, 3.63) is 56.5 Å². The first-order valence-electron chi connectivity index (χ1n) is 8.83. The largest absolute Gasteiger partial charge is 0.322 e. The Kier molecular flexibility index (Phi) is 16.3. The highest BCUT2D eigenvalue weighted by atomic mass is 35.5. The molecule has 0 spiro atoms. The summed E-state index contributed by atoms with van der Waals surface area (Å²) in [7, 11) is 1.78. The molecule has 6 heteroatoms. The minimum Gasteiger partial charge on any atom is -0.322 e. The van der Waals surface area contributed by atoms with Crippen LogP contribution in [0.15, 0.2) is 46.3 Å². The lowest BCUT2D eigenvalue weighted by atomic mass is 10.0. The molecule has 0 aromatic carbocycles. The van der Waals surface area contributed by atoms with Gasteiger partial charge in [0.1, 0.15) is 0 Å². The minimum atomic E-state index is -0.353. The highest BCUT2D eigenvalue weighted by molar-refractivity contribution is 6.19. The van der Waals surface area contributed by atoms with Crippen LogP contribution in [0.1, 0.15) is 60.8 Å². The molecule has 0 unspecified atom stereocenters. The Bertz CT molecular complexity index is 521. The van der Waals surface area contributed by atoms with Crippen molar-refractivity contribution >= 4 is 11.6 Å². The van der Waals surface area contributed by atoms with Gasteiger partial charge >= 0.3 is 0 Å². The third kappa shape index (κ3) is 10.1. The average Bonchev–Trinajstić information content (AvgIpc) is 2.59. The summed E-state index contributed by atoms with van der Waals surface area (Å²) in [6.07, 6.45) is 7.78. The van der Waals surface area contributed by atoms with Crippen molar-refractivity contribution in [2.75, 3.05) is 12.9 Å². The van der Waals surface area contributed by atoms with Gasteiger partial charge in [-0.3, -0.25) is 10.1 Å². The van der Waals surface area contributed by atoms with Crippen molar-refractivity contribution in [3.8, 4) is 0 Å². The van der Waals surface area contributed by atoms with Crippen LogP contribution in [0.2, 0.25) is 0 Å². The molecule has 0 rings (SSSR count). The molecule has 0 aliphatic heterocycles. The molecule has 25 heavy (non-hydrogen) atoms. The molecule has 0 heterocycles. The van der Waals surface area contributed by atoms with Crippen LogP contribution in [0, 0.1) is 10.1 Å². The molecule has 0 saturated carbocycles. The van der Waals surface area contributed by atoms with Gasteiger partial charge in [0.2, 0.25) is 0 Å². The van der Waals surface area contributed by atoms with Gasteiger partial charge in [-0.2, -0.15) is 0 Å². The molecule has 0 atom stereocenters. The zero-order valence-electron chi connectivity index (χ0n) is 16.7. The second kappa shape index (κ2) is 15.9. The highest BCUT2D eigenvalue weighted by Crippen LogP contribution is 2.19. The highest BCUT2D eigenvalue weighted by Gasteiger charge is 2.12. The summed E-state index contributed by atoms with van der Waals surface area (Å²) >= 11 is 6.04. The summed E-state index contributed by atoms with van der Waals surface area (Å²) in [6.45, 7) is 11.7. The van der Waals surface area contributed by atoms with E-state index in [2.05, 4.69) is 17.8 Å². The van der Waals surface area contributed by atoms with Crippen molar-refractivity contribution in [1.29, 1.82) is 0 Å². The van der Waals surface area contributed by atoms with E-state index < -0.39 is 0 Å². The van der Waals surface area contributed by atoms with Crippen molar-refractivity contribution in [2.24, 2.45) is 0 Å². The fourth-order valence-corrected chi connectivity index (χ4v) is 2.45. The van der Waals surface area contributed by atoms with E-state index in [9.17, 15) is 10.1 Å². The Morgan fingerprint density at radius 3 is 2.16 bits per heavy atom. The summed E-state index contributed by atoms with van der Waals surface area (Å²) < 4.78 is 0. The number of nitrogens with zero attached hydrogens (tertiary/aromatic N) is 1. The SMILES string of the molecule is CC.CC/C=C(C)/C(=C\C=C(C)\C(NNC)=C(/CCl)CCC)[N+](=O)[O-]. The predicted octanol–water partition coefficient (Wildman–Crippen LogP) is 5.49. The maximum atomic E-state index is 11.2. The quantitative estimate of drug-likeness (QED) is 0.230. The second-order valence-corrected chi connectivity index (χ2v) is 5.46. The number of hydrazine groups is 1. The van der Waals surface area contributed by atoms with Crippen LogP contribution in [-0.4, -0.2) is 17.9 Å². The van der Waals surface area contributed by atoms with Gasteiger partial charge in [-0.1, -0.05) is 46.3 Å². The second-order valence-electron chi connectivity index (χ2n) is 5.19. The van der Waals surface area contributed by atoms with Gasteiger partial charge in [0, 0.05) is 24.6 Å². The summed E-state index contributed by atoms with van der Waals surface area (Å²) in [4.78, 5) is 10.9. The number of nitrogens with one attached hydrogen (secondary N) is 2. The van der Waals surface area contributed by atoms with Crippen LogP contribution in [0.5, 0.6) is 0 Å². The first-order chi connectivity index (χ1) is 11.9. The van der Waals surface area contributed by atoms with Gasteiger partial charge in [-0.25, -0.2) is 5.43 Å². The van der Waals surface area contributed by atoms with Crippen LogP contribution in [0.3, 0.4) is 0 Å². The maximum absolute atomic E-state index is 11.2. The summed E-state index contributed by atoms with van der Waals surface area (Å²) in [5.74, 6) is 0.420. The van der Waals surface area contributed by atoms with E-state index in [4.69, 9.17) is 11.6 Å². The Balaban J connectivity index is 0. The number of hydrogen-bond acceptors (Lipinski definition) is 4. The molecule has 0 fully saturated rings. The standard InChI is InChI=1S/C17H28ClN3O2.C2H6/c1-6-8-13(3)16(21(22)23)11-10-14(4)17(20-19-5)15(12-18)9-7-2;1-2/h8,10-11,19-20H,6-7,9,12H2,1-5H3;1-2H3/b13-8+,14-10+,16-11+,17-15+;. The molecule has 0 aromatic rings. The molecule has 0 radical (unpaired) electrons. The topological polar surface area (TPSA) is 67.2 Å². The van der Waals surface area contributed by atoms with Gasteiger partial charge in [-0.15, -0.1) is 11.6 Å². The van der Waals surface area contributed by atoms with Gasteiger partial charge in [0.05, 0.1) is 10.6 Å². The molecule has 0 bridgehead atoms.